The summed E-state index contributed by atoms with van der Waals surface area (Å²) in [7, 11) is 1.63. The lowest BCUT2D eigenvalue weighted by molar-refractivity contribution is -0.118. The molecule has 1 aliphatic rings. The van der Waals surface area contributed by atoms with Crippen LogP contribution in [0.2, 0.25) is 0 Å². The molecule has 2 aromatic carbocycles. The molecule has 6 nitrogen and oxygen atoms in total. The Kier molecular flexibility index (Phi) is 4.65. The van der Waals surface area contributed by atoms with Gasteiger partial charge in [0.1, 0.15) is 11.5 Å². The van der Waals surface area contributed by atoms with E-state index in [9.17, 15) is 9.59 Å². The van der Waals surface area contributed by atoms with Crippen LogP contribution >= 0.6 is 0 Å². The van der Waals surface area contributed by atoms with E-state index in [1.54, 1.807) is 25.3 Å². The molecule has 0 radical (unpaired) electrons. The number of carbonyl (C=O) groups excluding carboxylic acids is 2. The van der Waals surface area contributed by atoms with Crippen LogP contribution < -0.4 is 20.1 Å². The van der Waals surface area contributed by atoms with Gasteiger partial charge in [0, 0.05) is 12.1 Å². The van der Waals surface area contributed by atoms with Crippen LogP contribution in [0.3, 0.4) is 0 Å². The molecule has 0 spiro atoms. The van der Waals surface area contributed by atoms with Gasteiger partial charge in [-0.05, 0) is 42.3 Å². The molecule has 24 heavy (non-hydrogen) atoms. The number of methoxy groups -OCH3 is 1. The fraction of sp³-hybridized carbons (Fsp3) is 0.222. The maximum absolute atomic E-state index is 12.2. The fourth-order valence-electron chi connectivity index (χ4n) is 2.44. The van der Waals surface area contributed by atoms with Crippen LogP contribution in [-0.4, -0.2) is 32.1 Å². The molecular weight excluding hydrogens is 308 g/mol. The highest BCUT2D eigenvalue weighted by Gasteiger charge is 2.17. The number of carbonyl (C=O) groups is 2. The average Bonchev–Trinajstić information content (AvgIpc) is 2.61. The Hall–Kier alpha value is -3.02. The molecule has 0 aromatic heterocycles. The first-order valence-corrected chi connectivity index (χ1v) is 7.63. The van der Waals surface area contributed by atoms with Gasteiger partial charge in [0.2, 0.25) is 0 Å². The summed E-state index contributed by atoms with van der Waals surface area (Å²) in [5.74, 6) is 0.969. The Morgan fingerprint density at radius 3 is 2.79 bits per heavy atom. The van der Waals surface area contributed by atoms with Crippen molar-refractivity contribution in [3.63, 3.8) is 0 Å². The van der Waals surface area contributed by atoms with E-state index in [1.165, 1.54) is 0 Å². The minimum absolute atomic E-state index is 0.000401. The van der Waals surface area contributed by atoms with Crippen LogP contribution in [0.4, 0.5) is 5.69 Å². The second kappa shape index (κ2) is 7.04. The smallest absolute Gasteiger partial charge is 0.262 e. The average molecular weight is 326 g/mol. The summed E-state index contributed by atoms with van der Waals surface area (Å²) in [5, 5.41) is 5.56. The molecule has 0 aliphatic carbocycles. The Bertz CT molecular complexity index is 756. The SMILES string of the molecule is COc1ccc(CCNC(=O)c2ccc3c(c2)NC(=O)CO3)cc1. The quantitative estimate of drug-likeness (QED) is 0.881. The molecule has 2 N–H and O–H groups in total. The molecule has 6 heteroatoms. The zero-order valence-electron chi connectivity index (χ0n) is 13.3. The second-order valence-electron chi connectivity index (χ2n) is 5.40. The first-order valence-electron chi connectivity index (χ1n) is 7.63. The van der Waals surface area contributed by atoms with Crippen LogP contribution in [0.5, 0.6) is 11.5 Å². The van der Waals surface area contributed by atoms with Gasteiger partial charge in [-0.15, -0.1) is 0 Å². The van der Waals surface area contributed by atoms with E-state index in [2.05, 4.69) is 10.6 Å². The molecule has 1 aliphatic heterocycles. The first-order chi connectivity index (χ1) is 11.7. The van der Waals surface area contributed by atoms with Crippen molar-refractivity contribution >= 4 is 17.5 Å². The summed E-state index contributed by atoms with van der Waals surface area (Å²) in [5.41, 5.74) is 2.12. The molecule has 0 saturated heterocycles. The van der Waals surface area contributed by atoms with Gasteiger partial charge >= 0.3 is 0 Å². The summed E-state index contributed by atoms with van der Waals surface area (Å²) in [6, 6.07) is 12.7. The number of hydrogen-bond acceptors (Lipinski definition) is 4. The van der Waals surface area contributed by atoms with Gasteiger partial charge < -0.3 is 20.1 Å². The Morgan fingerprint density at radius 1 is 1.25 bits per heavy atom. The summed E-state index contributed by atoms with van der Waals surface area (Å²) < 4.78 is 10.4. The van der Waals surface area contributed by atoms with E-state index < -0.39 is 0 Å². The van der Waals surface area contributed by atoms with Gasteiger partial charge in [0.15, 0.2) is 6.61 Å². The van der Waals surface area contributed by atoms with E-state index in [1.807, 2.05) is 24.3 Å². The predicted molar refractivity (Wildman–Crippen MR) is 89.6 cm³/mol. The first kappa shape index (κ1) is 15.9. The highest BCUT2D eigenvalue weighted by molar-refractivity contribution is 5.99. The minimum atomic E-state index is -0.223. The van der Waals surface area contributed by atoms with Gasteiger partial charge in [-0.2, -0.15) is 0 Å². The Labute approximate surface area is 139 Å². The fourth-order valence-corrected chi connectivity index (χ4v) is 2.44. The molecule has 0 unspecified atom stereocenters. The zero-order valence-corrected chi connectivity index (χ0v) is 13.3. The molecule has 1 heterocycles. The Balaban J connectivity index is 1.56. The van der Waals surface area contributed by atoms with Crippen molar-refractivity contribution < 1.29 is 19.1 Å². The molecule has 3 rings (SSSR count). The number of anilines is 1. The molecule has 2 aromatic rings. The van der Waals surface area contributed by atoms with E-state index >= 15 is 0 Å². The highest BCUT2D eigenvalue weighted by atomic mass is 16.5. The summed E-state index contributed by atoms with van der Waals surface area (Å²) in [6.45, 7) is 0.519. The van der Waals surface area contributed by atoms with Gasteiger partial charge in [-0.25, -0.2) is 0 Å². The highest BCUT2D eigenvalue weighted by Crippen LogP contribution is 2.28. The van der Waals surface area contributed by atoms with E-state index in [-0.39, 0.29) is 18.4 Å². The van der Waals surface area contributed by atoms with Gasteiger partial charge in [-0.3, -0.25) is 9.59 Å². The number of fused-ring (bicyclic) bond motifs is 1. The standard InChI is InChI=1S/C18H18N2O4/c1-23-14-5-2-12(3-6-14)8-9-19-18(22)13-4-7-16-15(10-13)20-17(21)11-24-16/h2-7,10H,8-9,11H2,1H3,(H,19,22)(H,20,21). The van der Waals surface area contributed by atoms with Crippen LogP contribution in [0.1, 0.15) is 15.9 Å². The van der Waals surface area contributed by atoms with E-state index in [0.717, 1.165) is 17.7 Å². The van der Waals surface area contributed by atoms with Gasteiger partial charge in [0.25, 0.3) is 11.8 Å². The minimum Gasteiger partial charge on any atom is -0.497 e. The Morgan fingerprint density at radius 2 is 2.04 bits per heavy atom. The molecule has 0 fully saturated rings. The van der Waals surface area contributed by atoms with Gasteiger partial charge in [-0.1, -0.05) is 12.1 Å². The van der Waals surface area contributed by atoms with Crippen LogP contribution in [0.15, 0.2) is 42.5 Å². The van der Waals surface area contributed by atoms with E-state index in [4.69, 9.17) is 9.47 Å². The number of rotatable bonds is 5. The zero-order chi connectivity index (χ0) is 16.9. The summed E-state index contributed by atoms with van der Waals surface area (Å²) in [4.78, 5) is 23.6. The van der Waals surface area contributed by atoms with Crippen molar-refractivity contribution in [1.29, 1.82) is 0 Å². The van der Waals surface area contributed by atoms with Crippen molar-refractivity contribution in [1.82, 2.24) is 5.32 Å². The number of hydrogen-bond donors (Lipinski definition) is 2. The van der Waals surface area contributed by atoms with Crippen molar-refractivity contribution in [3.05, 3.63) is 53.6 Å². The molecule has 0 bridgehead atoms. The van der Waals surface area contributed by atoms with Crippen LogP contribution in [0, 0.1) is 0 Å². The number of ether oxygens (including phenoxy) is 2. The molecule has 0 saturated carbocycles. The number of amides is 2. The third-order valence-corrected chi connectivity index (χ3v) is 3.73. The lowest BCUT2D eigenvalue weighted by Gasteiger charge is -2.18. The number of benzene rings is 2. The second-order valence-corrected chi connectivity index (χ2v) is 5.40. The molecular formula is C18H18N2O4. The number of nitrogens with one attached hydrogen (secondary N) is 2. The molecule has 124 valence electrons. The monoisotopic (exact) mass is 326 g/mol. The molecule has 2 amide bonds. The van der Waals surface area contributed by atoms with Crippen LogP contribution in [0.25, 0.3) is 0 Å². The maximum atomic E-state index is 12.2. The largest absolute Gasteiger partial charge is 0.497 e. The summed E-state index contributed by atoms with van der Waals surface area (Å²) >= 11 is 0. The summed E-state index contributed by atoms with van der Waals surface area (Å²) in [6.07, 6.45) is 0.723. The third kappa shape index (κ3) is 3.65. The normalized spacial score (nSPS) is 12.6. The van der Waals surface area contributed by atoms with Crippen LogP contribution in [-0.2, 0) is 11.2 Å². The lowest BCUT2D eigenvalue weighted by Crippen LogP contribution is -2.28. The third-order valence-electron chi connectivity index (χ3n) is 3.73. The van der Waals surface area contributed by atoms with Crippen molar-refractivity contribution in [3.8, 4) is 11.5 Å². The van der Waals surface area contributed by atoms with Crippen molar-refractivity contribution in [2.75, 3.05) is 25.6 Å². The van der Waals surface area contributed by atoms with Crippen molar-refractivity contribution in [2.24, 2.45) is 0 Å². The van der Waals surface area contributed by atoms with Crippen molar-refractivity contribution in [2.45, 2.75) is 6.42 Å². The lowest BCUT2D eigenvalue weighted by atomic mass is 10.1. The van der Waals surface area contributed by atoms with Gasteiger partial charge in [0.05, 0.1) is 12.8 Å². The topological polar surface area (TPSA) is 76.7 Å². The predicted octanol–water partition coefficient (Wildman–Crippen LogP) is 2.00. The maximum Gasteiger partial charge on any atom is 0.262 e. The van der Waals surface area contributed by atoms with E-state index in [0.29, 0.717) is 23.5 Å². The molecule has 0 atom stereocenters.